The third kappa shape index (κ3) is 4.16. The number of amides is 1. The van der Waals surface area contributed by atoms with E-state index in [9.17, 15) is 14.4 Å². The molecule has 110 valence electrons. The summed E-state index contributed by atoms with van der Waals surface area (Å²) >= 11 is 3.39. The van der Waals surface area contributed by atoms with Crippen LogP contribution in [0.15, 0.2) is 44.4 Å². The summed E-state index contributed by atoms with van der Waals surface area (Å²) in [5.74, 6) is -0.228. The summed E-state index contributed by atoms with van der Waals surface area (Å²) in [5.41, 5.74) is 0.978. The maximum Gasteiger partial charge on any atom is 0.265 e. The number of hydrogen-bond acceptors (Lipinski definition) is 3. The smallest absolute Gasteiger partial charge is 0.265 e. The summed E-state index contributed by atoms with van der Waals surface area (Å²) in [5, 5.41) is 5.12. The van der Waals surface area contributed by atoms with Gasteiger partial charge in [0.2, 0.25) is 5.91 Å². The van der Waals surface area contributed by atoms with Gasteiger partial charge >= 0.3 is 0 Å². The summed E-state index contributed by atoms with van der Waals surface area (Å²) in [6, 6.07) is 7.81. The van der Waals surface area contributed by atoms with Crippen molar-refractivity contribution in [2.75, 3.05) is 5.32 Å². The van der Waals surface area contributed by atoms with Gasteiger partial charge in [-0.05, 0) is 30.7 Å². The fourth-order valence-corrected chi connectivity index (χ4v) is 2.03. The van der Waals surface area contributed by atoms with Crippen LogP contribution in [0.1, 0.15) is 12.0 Å². The lowest BCUT2D eigenvalue weighted by molar-refractivity contribution is -0.116. The van der Waals surface area contributed by atoms with Gasteiger partial charge in [0.1, 0.15) is 0 Å². The minimum Gasteiger partial charge on any atom is -0.326 e. The van der Waals surface area contributed by atoms with Crippen molar-refractivity contribution < 1.29 is 4.79 Å². The quantitative estimate of drug-likeness (QED) is 0.877. The molecule has 1 amide bonds. The first-order valence-corrected chi connectivity index (χ1v) is 7.11. The maximum atomic E-state index is 11.8. The Balaban J connectivity index is 1.99. The van der Waals surface area contributed by atoms with E-state index in [4.69, 9.17) is 0 Å². The number of nitrogens with one attached hydrogen (secondary N) is 2. The molecule has 0 unspecified atom stereocenters. The number of H-pyrrole nitrogens is 1. The first-order chi connectivity index (χ1) is 9.95. The number of aromatic amines is 1. The molecule has 21 heavy (non-hydrogen) atoms. The Bertz CT molecular complexity index is 780. The van der Waals surface area contributed by atoms with Crippen LogP contribution in [-0.2, 0) is 11.3 Å². The molecule has 0 bridgehead atoms. The average Bonchev–Trinajstić information content (AvgIpc) is 2.44. The molecule has 2 N–H and O–H groups in total. The second-order valence-corrected chi connectivity index (χ2v) is 5.42. The number of benzene rings is 1. The van der Waals surface area contributed by atoms with Crippen molar-refractivity contribution >= 4 is 27.5 Å². The molecule has 2 aromatic rings. The van der Waals surface area contributed by atoms with Crippen molar-refractivity contribution in [2.45, 2.75) is 19.9 Å². The number of nitrogens with zero attached hydrogens (tertiary/aromatic N) is 1. The predicted molar refractivity (Wildman–Crippen MR) is 83.4 cm³/mol. The van der Waals surface area contributed by atoms with Crippen LogP contribution < -0.4 is 16.4 Å². The Hall–Kier alpha value is -2.15. The standard InChI is InChI=1S/C14H14BrN3O3/c1-9-8-10(2-3-11(9)15)16-12(19)6-7-18-14(21)5-4-13(20)17-18/h2-5,8H,6-7H2,1H3,(H,16,19)(H,17,20). The maximum absolute atomic E-state index is 11.8. The number of carbonyl (C=O) groups excluding carboxylic acids is 1. The van der Waals surface area contributed by atoms with E-state index in [0.717, 1.165) is 20.8 Å². The monoisotopic (exact) mass is 351 g/mol. The van der Waals surface area contributed by atoms with E-state index >= 15 is 0 Å². The lowest BCUT2D eigenvalue weighted by atomic mass is 10.2. The van der Waals surface area contributed by atoms with E-state index in [0.29, 0.717) is 5.69 Å². The van der Waals surface area contributed by atoms with Gasteiger partial charge in [0, 0.05) is 28.7 Å². The molecule has 0 aliphatic rings. The first-order valence-electron chi connectivity index (χ1n) is 6.32. The number of aromatic nitrogens is 2. The van der Waals surface area contributed by atoms with E-state index in [1.54, 1.807) is 6.07 Å². The Labute approximate surface area is 128 Å². The van der Waals surface area contributed by atoms with E-state index in [-0.39, 0.29) is 30.0 Å². The minimum atomic E-state index is -0.376. The first kappa shape index (κ1) is 15.2. The SMILES string of the molecule is Cc1cc(NC(=O)CCn2[nH]c(=O)ccc2=O)ccc1Br. The van der Waals surface area contributed by atoms with Crippen LogP contribution in [0.5, 0.6) is 0 Å². The molecule has 0 saturated heterocycles. The summed E-state index contributed by atoms with van der Waals surface area (Å²) in [6.45, 7) is 2.05. The third-order valence-corrected chi connectivity index (χ3v) is 3.78. The third-order valence-electron chi connectivity index (χ3n) is 2.89. The average molecular weight is 352 g/mol. The van der Waals surface area contributed by atoms with Crippen LogP contribution in [0.3, 0.4) is 0 Å². The fraction of sp³-hybridized carbons (Fsp3) is 0.214. The van der Waals surface area contributed by atoms with Crippen LogP contribution in [-0.4, -0.2) is 15.7 Å². The van der Waals surface area contributed by atoms with E-state index in [1.807, 2.05) is 19.1 Å². The van der Waals surface area contributed by atoms with Crippen molar-refractivity contribution in [1.82, 2.24) is 9.78 Å². The van der Waals surface area contributed by atoms with Crippen LogP contribution in [0, 0.1) is 6.92 Å². The zero-order chi connectivity index (χ0) is 15.4. The lowest BCUT2D eigenvalue weighted by Gasteiger charge is -2.08. The second-order valence-electron chi connectivity index (χ2n) is 4.56. The van der Waals surface area contributed by atoms with E-state index in [2.05, 4.69) is 26.3 Å². The zero-order valence-electron chi connectivity index (χ0n) is 11.4. The summed E-state index contributed by atoms with van der Waals surface area (Å²) in [7, 11) is 0. The van der Waals surface area contributed by atoms with E-state index in [1.165, 1.54) is 6.07 Å². The largest absolute Gasteiger partial charge is 0.326 e. The molecule has 0 atom stereocenters. The fourth-order valence-electron chi connectivity index (χ4n) is 1.79. The normalized spacial score (nSPS) is 10.4. The van der Waals surface area contributed by atoms with Gasteiger partial charge in [0.15, 0.2) is 0 Å². The van der Waals surface area contributed by atoms with Gasteiger partial charge in [-0.2, -0.15) is 0 Å². The Morgan fingerprint density at radius 2 is 2.05 bits per heavy atom. The molecule has 0 saturated carbocycles. The Morgan fingerprint density at radius 1 is 1.29 bits per heavy atom. The number of rotatable bonds is 4. The molecule has 7 heteroatoms. The molecule has 0 aliphatic heterocycles. The highest BCUT2D eigenvalue weighted by Gasteiger charge is 2.05. The number of aryl methyl sites for hydroxylation is 2. The van der Waals surface area contributed by atoms with Crippen LogP contribution in [0.25, 0.3) is 0 Å². The van der Waals surface area contributed by atoms with Crippen LogP contribution in [0.4, 0.5) is 5.69 Å². The highest BCUT2D eigenvalue weighted by atomic mass is 79.9. The van der Waals surface area contributed by atoms with Gasteiger partial charge in [-0.3, -0.25) is 19.5 Å². The molecule has 1 aromatic carbocycles. The topological polar surface area (TPSA) is 84.0 Å². The Morgan fingerprint density at radius 3 is 2.76 bits per heavy atom. The molecular formula is C14H14BrN3O3. The summed E-state index contributed by atoms with van der Waals surface area (Å²) in [4.78, 5) is 34.5. The Kier molecular flexibility index (Phi) is 4.74. The summed E-state index contributed by atoms with van der Waals surface area (Å²) < 4.78 is 2.09. The molecule has 0 spiro atoms. The molecule has 0 aliphatic carbocycles. The molecule has 0 radical (unpaired) electrons. The summed E-state index contributed by atoms with van der Waals surface area (Å²) in [6.07, 6.45) is 0.0922. The van der Waals surface area contributed by atoms with Gasteiger partial charge < -0.3 is 5.32 Å². The molecule has 1 aromatic heterocycles. The van der Waals surface area contributed by atoms with Crippen LogP contribution in [0.2, 0.25) is 0 Å². The highest BCUT2D eigenvalue weighted by Crippen LogP contribution is 2.20. The zero-order valence-corrected chi connectivity index (χ0v) is 12.9. The lowest BCUT2D eigenvalue weighted by Crippen LogP contribution is -2.29. The molecule has 2 rings (SSSR count). The van der Waals surface area contributed by atoms with Crippen molar-refractivity contribution in [3.05, 3.63) is 61.1 Å². The number of carbonyl (C=O) groups is 1. The number of halogens is 1. The molecule has 0 fully saturated rings. The molecule has 1 heterocycles. The second kappa shape index (κ2) is 6.53. The van der Waals surface area contributed by atoms with Crippen molar-refractivity contribution in [2.24, 2.45) is 0 Å². The van der Waals surface area contributed by atoms with Gasteiger partial charge in [0.25, 0.3) is 11.1 Å². The van der Waals surface area contributed by atoms with Gasteiger partial charge in [-0.15, -0.1) is 0 Å². The van der Waals surface area contributed by atoms with Gasteiger partial charge in [-0.1, -0.05) is 15.9 Å². The minimum absolute atomic E-state index is 0.0922. The predicted octanol–water partition coefficient (Wildman–Crippen LogP) is 1.64. The van der Waals surface area contributed by atoms with Crippen molar-refractivity contribution in [3.8, 4) is 0 Å². The van der Waals surface area contributed by atoms with Gasteiger partial charge in [-0.25, -0.2) is 4.68 Å². The number of hydrogen-bond donors (Lipinski definition) is 2. The number of anilines is 1. The molecular weight excluding hydrogens is 338 g/mol. The van der Waals surface area contributed by atoms with Crippen LogP contribution >= 0.6 is 15.9 Å². The highest BCUT2D eigenvalue weighted by molar-refractivity contribution is 9.10. The van der Waals surface area contributed by atoms with E-state index < -0.39 is 0 Å². The van der Waals surface area contributed by atoms with Gasteiger partial charge in [0.05, 0.1) is 6.54 Å². The van der Waals surface area contributed by atoms with Crippen molar-refractivity contribution in [1.29, 1.82) is 0 Å². The molecule has 6 nitrogen and oxygen atoms in total. The van der Waals surface area contributed by atoms with Crippen molar-refractivity contribution in [3.63, 3.8) is 0 Å².